The minimum atomic E-state index is -0.390. The van der Waals surface area contributed by atoms with Crippen molar-refractivity contribution in [3.05, 3.63) is 62.8 Å². The van der Waals surface area contributed by atoms with Gasteiger partial charge in [-0.2, -0.15) is 5.26 Å². The lowest BCUT2D eigenvalue weighted by molar-refractivity contribution is 0.103. The first-order chi connectivity index (χ1) is 15.3. The molecule has 7 heteroatoms. The number of benzene rings is 2. The van der Waals surface area contributed by atoms with Crippen LogP contribution in [0.2, 0.25) is 0 Å². The number of carbonyl (C=O) groups is 1. The number of aliphatic hydroxyl groups is 1. The van der Waals surface area contributed by atoms with E-state index in [1.807, 2.05) is 18.2 Å². The van der Waals surface area contributed by atoms with Crippen LogP contribution < -0.4 is 4.90 Å². The van der Waals surface area contributed by atoms with Crippen LogP contribution in [0.25, 0.3) is 10.9 Å². The first kappa shape index (κ1) is 21.2. The maximum absolute atomic E-state index is 13.6. The molecule has 3 aromatic rings. The van der Waals surface area contributed by atoms with Crippen LogP contribution in [0.1, 0.15) is 46.6 Å². The lowest BCUT2D eigenvalue weighted by atomic mass is 9.71. The van der Waals surface area contributed by atoms with Crippen LogP contribution in [0.4, 0.5) is 5.69 Å². The molecule has 5 rings (SSSR count). The molecule has 2 aliphatic rings. The molecule has 1 aliphatic heterocycles. The second-order valence-electron chi connectivity index (χ2n) is 9.10. The molecule has 1 aliphatic carbocycles. The summed E-state index contributed by atoms with van der Waals surface area (Å²) in [6, 6.07) is 11.8. The molecule has 1 fully saturated rings. The first-order valence-electron chi connectivity index (χ1n) is 10.9. The molecular formula is C25H25BrN4O2. The largest absolute Gasteiger partial charge is 0.395 e. The van der Waals surface area contributed by atoms with Gasteiger partial charge in [-0.1, -0.05) is 19.9 Å². The van der Waals surface area contributed by atoms with Gasteiger partial charge in [-0.3, -0.25) is 9.69 Å². The van der Waals surface area contributed by atoms with Crippen molar-refractivity contribution in [3.8, 4) is 6.07 Å². The topological polar surface area (TPSA) is 83.4 Å². The van der Waals surface area contributed by atoms with Crippen molar-refractivity contribution in [1.29, 1.82) is 5.26 Å². The fraction of sp³-hybridized carbons (Fsp3) is 0.360. The molecule has 0 radical (unpaired) electrons. The van der Waals surface area contributed by atoms with E-state index in [0.717, 1.165) is 64.1 Å². The number of anilines is 1. The zero-order valence-electron chi connectivity index (χ0n) is 18.2. The number of H-pyrrole nitrogens is 1. The Morgan fingerprint density at radius 1 is 1.19 bits per heavy atom. The Bertz CT molecular complexity index is 1280. The molecule has 6 nitrogen and oxygen atoms in total. The van der Waals surface area contributed by atoms with E-state index in [4.69, 9.17) is 0 Å². The number of fused-ring (bicyclic) bond motifs is 4. The third-order valence-electron chi connectivity index (χ3n) is 6.91. The normalized spacial score (nSPS) is 17.8. The van der Waals surface area contributed by atoms with E-state index >= 15 is 0 Å². The highest BCUT2D eigenvalue weighted by atomic mass is 79.9. The van der Waals surface area contributed by atoms with Gasteiger partial charge in [0.1, 0.15) is 0 Å². The van der Waals surface area contributed by atoms with Gasteiger partial charge in [-0.15, -0.1) is 0 Å². The Morgan fingerprint density at radius 2 is 1.94 bits per heavy atom. The van der Waals surface area contributed by atoms with Gasteiger partial charge in [0.25, 0.3) is 0 Å². The second kappa shape index (κ2) is 7.73. The van der Waals surface area contributed by atoms with Gasteiger partial charge in [-0.25, -0.2) is 0 Å². The van der Waals surface area contributed by atoms with E-state index in [9.17, 15) is 15.2 Å². The molecule has 2 heterocycles. The molecule has 1 aromatic heterocycles. The van der Waals surface area contributed by atoms with Crippen molar-refractivity contribution in [2.45, 2.75) is 19.3 Å². The van der Waals surface area contributed by atoms with E-state index in [-0.39, 0.29) is 12.4 Å². The number of nitrogens with zero attached hydrogens (tertiary/aromatic N) is 3. The maximum Gasteiger partial charge on any atom is 0.195 e. The molecule has 0 amide bonds. The van der Waals surface area contributed by atoms with Crippen molar-refractivity contribution in [3.63, 3.8) is 0 Å². The highest BCUT2D eigenvalue weighted by molar-refractivity contribution is 9.10. The smallest absolute Gasteiger partial charge is 0.195 e. The number of aromatic nitrogens is 1. The summed E-state index contributed by atoms with van der Waals surface area (Å²) in [4.78, 5) is 21.7. The molecule has 164 valence electrons. The standard InChI is InChI=1S/C25H25BrN4O2/c1-25(2)18-13-21(30-7-5-29(6-8-30)9-10-31)19(26)12-17(18)23(32)22-16-4-3-15(14-27)11-20(16)28-24(22)25/h3-4,11-13,28,31H,5-10H2,1-2H3. The van der Waals surface area contributed by atoms with Gasteiger partial charge in [0.05, 0.1) is 29.5 Å². The molecular weight excluding hydrogens is 468 g/mol. The number of piperazine rings is 1. The summed E-state index contributed by atoms with van der Waals surface area (Å²) >= 11 is 3.73. The molecule has 2 aromatic carbocycles. The average molecular weight is 493 g/mol. The number of nitrogens with one attached hydrogen (secondary N) is 1. The number of nitriles is 1. The Morgan fingerprint density at radius 3 is 2.62 bits per heavy atom. The molecule has 0 saturated carbocycles. The fourth-order valence-corrected chi connectivity index (χ4v) is 5.70. The number of hydrogen-bond donors (Lipinski definition) is 2. The number of hydrogen-bond acceptors (Lipinski definition) is 5. The number of carbonyl (C=O) groups excluding carboxylic acids is 1. The molecule has 1 saturated heterocycles. The highest BCUT2D eigenvalue weighted by Crippen LogP contribution is 2.46. The zero-order valence-corrected chi connectivity index (χ0v) is 19.8. The SMILES string of the molecule is CC1(C)c2cc(N3CCN(CCO)CC3)c(Br)cc2C(=O)c2c1[nH]c1cc(C#N)ccc21. The van der Waals surface area contributed by atoms with Gasteiger partial charge in [0.2, 0.25) is 0 Å². The summed E-state index contributed by atoms with van der Waals surface area (Å²) in [5.74, 6) is 0.0188. The summed E-state index contributed by atoms with van der Waals surface area (Å²) < 4.78 is 0.922. The van der Waals surface area contributed by atoms with Crippen molar-refractivity contribution < 1.29 is 9.90 Å². The summed E-state index contributed by atoms with van der Waals surface area (Å²) in [6.45, 7) is 8.74. The van der Waals surface area contributed by atoms with Crippen molar-refractivity contribution in [2.24, 2.45) is 0 Å². The van der Waals surface area contributed by atoms with E-state index in [0.29, 0.717) is 17.7 Å². The van der Waals surface area contributed by atoms with Crippen LogP contribution in [-0.2, 0) is 5.41 Å². The first-order valence-corrected chi connectivity index (χ1v) is 11.7. The molecule has 0 atom stereocenters. The third kappa shape index (κ3) is 3.17. The molecule has 0 bridgehead atoms. The third-order valence-corrected chi connectivity index (χ3v) is 7.55. The lowest BCUT2D eigenvalue weighted by Gasteiger charge is -2.38. The molecule has 0 spiro atoms. The highest BCUT2D eigenvalue weighted by Gasteiger charge is 2.40. The van der Waals surface area contributed by atoms with Gasteiger partial charge in [-0.05, 0) is 45.8 Å². The van der Waals surface area contributed by atoms with E-state index in [2.05, 4.69) is 56.7 Å². The maximum atomic E-state index is 13.6. The van der Waals surface area contributed by atoms with Gasteiger partial charge in [0, 0.05) is 64.8 Å². The number of rotatable bonds is 3. The number of aliphatic hydroxyl groups excluding tert-OH is 1. The molecule has 0 unspecified atom stereocenters. The lowest BCUT2D eigenvalue weighted by Crippen LogP contribution is -2.47. The summed E-state index contributed by atoms with van der Waals surface area (Å²) in [7, 11) is 0. The van der Waals surface area contributed by atoms with Crippen LogP contribution in [0.5, 0.6) is 0 Å². The van der Waals surface area contributed by atoms with Gasteiger partial charge < -0.3 is 15.0 Å². The average Bonchev–Trinajstić information content (AvgIpc) is 3.18. The second-order valence-corrected chi connectivity index (χ2v) is 9.96. The Hall–Kier alpha value is -2.66. The van der Waals surface area contributed by atoms with Crippen molar-refractivity contribution >= 4 is 38.3 Å². The Kier molecular flexibility index (Phi) is 5.12. The number of aromatic amines is 1. The van der Waals surface area contributed by atoms with E-state index in [1.165, 1.54) is 0 Å². The van der Waals surface area contributed by atoms with Crippen LogP contribution in [0.3, 0.4) is 0 Å². The van der Waals surface area contributed by atoms with Crippen molar-refractivity contribution in [1.82, 2.24) is 9.88 Å². The predicted octanol–water partition coefficient (Wildman–Crippen LogP) is 3.79. The van der Waals surface area contributed by atoms with Crippen LogP contribution >= 0.6 is 15.9 Å². The summed E-state index contributed by atoms with van der Waals surface area (Å²) in [5.41, 5.74) is 5.45. The van der Waals surface area contributed by atoms with Gasteiger partial charge >= 0.3 is 0 Å². The number of β-amino-alcohol motifs (C(OH)–C–C–N with tert-alkyl or cyclic N) is 1. The van der Waals surface area contributed by atoms with Gasteiger partial charge in [0.15, 0.2) is 5.78 Å². The number of halogens is 1. The Labute approximate surface area is 195 Å². The van der Waals surface area contributed by atoms with E-state index in [1.54, 1.807) is 6.07 Å². The minimum absolute atomic E-state index is 0.0188. The zero-order chi connectivity index (χ0) is 22.6. The minimum Gasteiger partial charge on any atom is -0.395 e. The fourth-order valence-electron chi connectivity index (χ4n) is 5.10. The van der Waals surface area contributed by atoms with Crippen LogP contribution in [-0.4, -0.2) is 60.1 Å². The van der Waals surface area contributed by atoms with Crippen molar-refractivity contribution in [2.75, 3.05) is 44.2 Å². The number of ketones is 1. The monoisotopic (exact) mass is 492 g/mol. The molecule has 2 N–H and O–H groups in total. The van der Waals surface area contributed by atoms with Crippen LogP contribution in [0, 0.1) is 11.3 Å². The molecule has 32 heavy (non-hydrogen) atoms. The summed E-state index contributed by atoms with van der Waals surface area (Å²) in [5, 5.41) is 19.3. The van der Waals surface area contributed by atoms with E-state index < -0.39 is 5.41 Å². The predicted molar refractivity (Wildman–Crippen MR) is 128 cm³/mol. The quantitative estimate of drug-likeness (QED) is 0.580. The summed E-state index contributed by atoms with van der Waals surface area (Å²) in [6.07, 6.45) is 0. The Balaban J connectivity index is 1.59. The van der Waals surface area contributed by atoms with Crippen LogP contribution in [0.15, 0.2) is 34.8 Å².